The Morgan fingerprint density at radius 2 is 1.89 bits per heavy atom. The molecule has 1 aromatic carbocycles. The lowest BCUT2D eigenvalue weighted by Crippen LogP contribution is -2.29. The molecule has 0 heterocycles. The van der Waals surface area contributed by atoms with Gasteiger partial charge in [-0.05, 0) is 44.0 Å². The fourth-order valence-corrected chi connectivity index (χ4v) is 1.98. The largest absolute Gasteiger partial charge is 0.314 e. The first-order valence-corrected chi connectivity index (χ1v) is 7.91. The predicted octanol–water partition coefficient (Wildman–Crippen LogP) is 2.98. The Hall–Kier alpha value is -0.780. The van der Waals surface area contributed by atoms with Crippen LogP contribution < -0.4 is 5.32 Å². The van der Waals surface area contributed by atoms with E-state index in [9.17, 15) is 8.60 Å². The minimum Gasteiger partial charge on any atom is -0.314 e. The molecule has 0 amide bonds. The Labute approximate surface area is 117 Å². The second-order valence-electron chi connectivity index (χ2n) is 4.06. The molecule has 3 nitrogen and oxygen atoms in total. The zero-order chi connectivity index (χ0) is 14.7. The van der Waals surface area contributed by atoms with Crippen molar-refractivity contribution in [1.82, 2.24) is 5.32 Å². The maximum absolute atomic E-state index is 12.7. The van der Waals surface area contributed by atoms with Crippen molar-refractivity contribution in [2.24, 2.45) is 0 Å². The normalized spacial score (nSPS) is 13.3. The van der Waals surface area contributed by atoms with Crippen molar-refractivity contribution in [3.8, 4) is 0 Å². The standard InChI is InChI=1S/C12H18FNO2S.C2H6/c1-10(14-7-2-8-17(15)16)9-11-3-5-12(13)6-4-11;1-2/h3-6,10,14H,2,7-9H2,1H3,(H,15,16);1-2H3. The zero-order valence-corrected chi connectivity index (χ0v) is 12.7. The van der Waals surface area contributed by atoms with E-state index >= 15 is 0 Å². The van der Waals surface area contributed by atoms with Crippen LogP contribution in [-0.4, -0.2) is 27.1 Å². The molecule has 0 saturated carbocycles. The Kier molecular flexibility index (Phi) is 10.6. The molecule has 19 heavy (non-hydrogen) atoms. The van der Waals surface area contributed by atoms with Crippen LogP contribution in [0.1, 0.15) is 32.8 Å². The van der Waals surface area contributed by atoms with Crippen molar-refractivity contribution in [1.29, 1.82) is 0 Å². The highest BCUT2D eigenvalue weighted by molar-refractivity contribution is 7.79. The molecule has 0 bridgehead atoms. The van der Waals surface area contributed by atoms with Crippen molar-refractivity contribution in [3.63, 3.8) is 0 Å². The molecule has 1 aromatic rings. The first-order valence-electron chi connectivity index (χ1n) is 6.63. The van der Waals surface area contributed by atoms with Gasteiger partial charge in [-0.3, -0.25) is 0 Å². The van der Waals surface area contributed by atoms with Gasteiger partial charge in [0.2, 0.25) is 0 Å². The summed E-state index contributed by atoms with van der Waals surface area (Å²) in [6.45, 7) is 6.76. The van der Waals surface area contributed by atoms with E-state index in [0.717, 1.165) is 12.0 Å². The summed E-state index contributed by atoms with van der Waals surface area (Å²) in [5.41, 5.74) is 1.08. The van der Waals surface area contributed by atoms with Crippen molar-refractivity contribution < 1.29 is 13.2 Å². The third kappa shape index (κ3) is 9.76. The molecule has 5 heteroatoms. The van der Waals surface area contributed by atoms with Gasteiger partial charge in [-0.15, -0.1) is 0 Å². The number of halogens is 1. The second-order valence-corrected chi connectivity index (χ2v) is 5.12. The molecular weight excluding hydrogens is 265 g/mol. The van der Waals surface area contributed by atoms with Crippen LogP contribution >= 0.6 is 0 Å². The number of hydrogen-bond acceptors (Lipinski definition) is 2. The highest BCUT2D eigenvalue weighted by Gasteiger charge is 2.03. The molecule has 0 aliphatic rings. The van der Waals surface area contributed by atoms with Gasteiger partial charge in [-0.25, -0.2) is 8.60 Å². The average molecular weight is 289 g/mol. The summed E-state index contributed by atoms with van der Waals surface area (Å²) in [4.78, 5) is 0. The summed E-state index contributed by atoms with van der Waals surface area (Å²) < 4.78 is 31.7. The topological polar surface area (TPSA) is 49.3 Å². The van der Waals surface area contributed by atoms with E-state index < -0.39 is 11.1 Å². The molecule has 0 radical (unpaired) electrons. The Morgan fingerprint density at radius 1 is 1.32 bits per heavy atom. The number of hydrogen-bond donors (Lipinski definition) is 2. The van der Waals surface area contributed by atoms with E-state index in [1.165, 1.54) is 12.1 Å². The number of nitrogens with one attached hydrogen (secondary N) is 1. The Bertz CT molecular complexity index is 357. The zero-order valence-electron chi connectivity index (χ0n) is 11.9. The fourth-order valence-electron chi connectivity index (χ4n) is 1.59. The smallest absolute Gasteiger partial charge is 0.152 e. The minimum absolute atomic E-state index is 0.222. The molecule has 1 rings (SSSR count). The van der Waals surface area contributed by atoms with Crippen LogP contribution in [0.15, 0.2) is 24.3 Å². The van der Waals surface area contributed by atoms with Gasteiger partial charge >= 0.3 is 0 Å². The Balaban J connectivity index is 0.00000154. The van der Waals surface area contributed by atoms with Crippen molar-refractivity contribution in [2.45, 2.75) is 39.7 Å². The molecule has 0 spiro atoms. The van der Waals surface area contributed by atoms with Gasteiger partial charge in [0.25, 0.3) is 0 Å². The molecule has 0 fully saturated rings. The molecule has 0 aromatic heterocycles. The van der Waals surface area contributed by atoms with Crippen LogP contribution in [0.5, 0.6) is 0 Å². The highest BCUT2D eigenvalue weighted by Crippen LogP contribution is 2.05. The fraction of sp³-hybridized carbons (Fsp3) is 0.571. The van der Waals surface area contributed by atoms with E-state index in [4.69, 9.17) is 4.55 Å². The van der Waals surface area contributed by atoms with E-state index in [1.807, 2.05) is 20.8 Å². The van der Waals surface area contributed by atoms with Crippen LogP contribution in [0.2, 0.25) is 0 Å². The molecular formula is C14H24FNO2S. The molecule has 2 unspecified atom stereocenters. The summed E-state index contributed by atoms with van der Waals surface area (Å²) in [6.07, 6.45) is 1.50. The van der Waals surface area contributed by atoms with E-state index in [2.05, 4.69) is 5.32 Å². The summed E-state index contributed by atoms with van der Waals surface area (Å²) in [7, 11) is 0. The van der Waals surface area contributed by atoms with E-state index in [1.54, 1.807) is 12.1 Å². The van der Waals surface area contributed by atoms with Crippen LogP contribution in [0.25, 0.3) is 0 Å². The average Bonchev–Trinajstić information content (AvgIpc) is 2.40. The summed E-state index contributed by atoms with van der Waals surface area (Å²) in [5.74, 6) is 0.0794. The van der Waals surface area contributed by atoms with Gasteiger partial charge in [0.1, 0.15) is 5.82 Å². The lowest BCUT2D eigenvalue weighted by atomic mass is 10.1. The number of rotatable bonds is 7. The molecule has 0 aliphatic carbocycles. The summed E-state index contributed by atoms with van der Waals surface area (Å²) in [5, 5.41) is 3.26. The minimum atomic E-state index is -1.70. The van der Waals surface area contributed by atoms with Gasteiger partial charge in [-0.1, -0.05) is 26.0 Å². The molecule has 2 atom stereocenters. The van der Waals surface area contributed by atoms with Gasteiger partial charge in [0.05, 0.1) is 5.75 Å². The molecule has 0 saturated heterocycles. The third-order valence-electron chi connectivity index (χ3n) is 2.44. The molecule has 110 valence electrons. The summed E-state index contributed by atoms with van der Waals surface area (Å²) >= 11 is -1.70. The first-order chi connectivity index (χ1) is 9.08. The van der Waals surface area contributed by atoms with Crippen molar-refractivity contribution in [3.05, 3.63) is 35.6 Å². The van der Waals surface area contributed by atoms with Gasteiger partial charge in [0.15, 0.2) is 11.1 Å². The highest BCUT2D eigenvalue weighted by atomic mass is 32.2. The number of benzene rings is 1. The quantitative estimate of drug-likeness (QED) is 0.599. The SMILES string of the molecule is CC.CC(Cc1ccc(F)cc1)NCCCS(=O)O. The van der Waals surface area contributed by atoms with Crippen LogP contribution in [0, 0.1) is 5.82 Å². The molecule has 0 aliphatic heterocycles. The van der Waals surface area contributed by atoms with Crippen LogP contribution in [0.4, 0.5) is 4.39 Å². The second kappa shape index (κ2) is 11.1. The third-order valence-corrected chi connectivity index (χ3v) is 3.08. The van der Waals surface area contributed by atoms with E-state index in [-0.39, 0.29) is 11.9 Å². The molecule has 2 N–H and O–H groups in total. The van der Waals surface area contributed by atoms with Gasteiger partial charge in [0, 0.05) is 6.04 Å². The van der Waals surface area contributed by atoms with Gasteiger partial charge < -0.3 is 9.87 Å². The predicted molar refractivity (Wildman–Crippen MR) is 79.2 cm³/mol. The Morgan fingerprint density at radius 3 is 2.42 bits per heavy atom. The van der Waals surface area contributed by atoms with Crippen LogP contribution in [-0.2, 0) is 17.5 Å². The lowest BCUT2D eigenvalue weighted by Gasteiger charge is -2.13. The summed E-state index contributed by atoms with van der Waals surface area (Å²) in [6, 6.07) is 6.73. The van der Waals surface area contributed by atoms with Crippen molar-refractivity contribution in [2.75, 3.05) is 12.3 Å². The monoisotopic (exact) mass is 289 g/mol. The maximum atomic E-state index is 12.7. The lowest BCUT2D eigenvalue weighted by molar-refractivity contribution is 0.531. The van der Waals surface area contributed by atoms with Gasteiger partial charge in [-0.2, -0.15) is 0 Å². The van der Waals surface area contributed by atoms with Crippen LogP contribution in [0.3, 0.4) is 0 Å². The van der Waals surface area contributed by atoms with E-state index in [0.29, 0.717) is 18.7 Å². The maximum Gasteiger partial charge on any atom is 0.152 e. The first kappa shape index (κ1) is 18.2. The van der Waals surface area contributed by atoms with Crippen molar-refractivity contribution >= 4 is 11.1 Å².